The molecule has 148 valence electrons. The second-order valence-electron chi connectivity index (χ2n) is 8.00. The molecule has 1 aliphatic rings. The first kappa shape index (κ1) is 22.8. The van der Waals surface area contributed by atoms with E-state index in [0.717, 1.165) is 19.0 Å². The molecule has 1 saturated carbocycles. The maximum absolute atomic E-state index is 4.14. The third-order valence-electron chi connectivity index (χ3n) is 5.90. The minimum absolute atomic E-state index is 0.468. The van der Waals surface area contributed by atoms with Crippen LogP contribution in [0.25, 0.3) is 0 Å². The van der Waals surface area contributed by atoms with Gasteiger partial charge in [0.15, 0.2) is 0 Å². The largest absolute Gasteiger partial charge is 0.371 e. The molecule has 0 radical (unpaired) electrons. The van der Waals surface area contributed by atoms with Crippen molar-refractivity contribution >= 4 is 0 Å². The Kier molecular flexibility index (Phi) is 10.1. The summed E-state index contributed by atoms with van der Waals surface area (Å²) in [6.45, 7) is 19.5. The first-order chi connectivity index (χ1) is 12.5. The molecule has 1 aromatic carbocycles. The molecule has 0 bridgehead atoms. The summed E-state index contributed by atoms with van der Waals surface area (Å²) >= 11 is 0. The van der Waals surface area contributed by atoms with Crippen LogP contribution in [0.4, 0.5) is 0 Å². The Bertz CT molecular complexity index is 531. The SMILES string of the molecule is C=C(C)N(CC)Cc1ccccc1C1(CCC)CC1CCC.CCCC. The summed E-state index contributed by atoms with van der Waals surface area (Å²) in [6.07, 6.45) is 9.35. The highest BCUT2D eigenvalue weighted by atomic mass is 15.1. The topological polar surface area (TPSA) is 3.24 Å². The van der Waals surface area contributed by atoms with E-state index in [0.29, 0.717) is 5.41 Å². The van der Waals surface area contributed by atoms with E-state index in [1.54, 1.807) is 5.56 Å². The van der Waals surface area contributed by atoms with Crippen LogP contribution in [-0.4, -0.2) is 11.4 Å². The molecule has 1 aromatic rings. The average Bonchev–Trinajstić information content (AvgIpc) is 3.33. The third-order valence-corrected chi connectivity index (χ3v) is 5.90. The Morgan fingerprint density at radius 2 is 1.69 bits per heavy atom. The van der Waals surface area contributed by atoms with Gasteiger partial charge in [-0.1, -0.05) is 84.2 Å². The molecule has 1 nitrogen and oxygen atoms in total. The predicted octanol–water partition coefficient (Wildman–Crippen LogP) is 7.71. The summed E-state index contributed by atoms with van der Waals surface area (Å²) in [5.74, 6) is 0.901. The smallest absolute Gasteiger partial charge is 0.0429 e. The van der Waals surface area contributed by atoms with E-state index >= 15 is 0 Å². The van der Waals surface area contributed by atoms with Crippen molar-refractivity contribution in [3.63, 3.8) is 0 Å². The molecule has 0 heterocycles. The van der Waals surface area contributed by atoms with E-state index < -0.39 is 0 Å². The van der Waals surface area contributed by atoms with Gasteiger partial charge in [0.25, 0.3) is 0 Å². The van der Waals surface area contributed by atoms with Crippen LogP contribution in [0.2, 0.25) is 0 Å². The van der Waals surface area contributed by atoms with Gasteiger partial charge in [0.1, 0.15) is 0 Å². The molecule has 1 heteroatoms. The van der Waals surface area contributed by atoms with Gasteiger partial charge in [0.2, 0.25) is 0 Å². The van der Waals surface area contributed by atoms with Crippen LogP contribution in [0.3, 0.4) is 0 Å². The molecule has 1 aliphatic carbocycles. The van der Waals surface area contributed by atoms with E-state index in [1.165, 1.54) is 56.2 Å². The van der Waals surface area contributed by atoms with Gasteiger partial charge in [-0.05, 0) is 55.6 Å². The second-order valence-corrected chi connectivity index (χ2v) is 8.00. The van der Waals surface area contributed by atoms with Crippen molar-refractivity contribution in [2.24, 2.45) is 5.92 Å². The molecule has 26 heavy (non-hydrogen) atoms. The maximum atomic E-state index is 4.14. The molecule has 2 atom stereocenters. The molecule has 0 aromatic heterocycles. The van der Waals surface area contributed by atoms with Crippen LogP contribution in [0.15, 0.2) is 36.5 Å². The fraction of sp³-hybridized carbons (Fsp3) is 0.680. The fourth-order valence-corrected chi connectivity index (χ4v) is 4.19. The molecule has 0 aliphatic heterocycles. The minimum atomic E-state index is 0.468. The molecular formula is C25H43N. The summed E-state index contributed by atoms with van der Waals surface area (Å²) in [5.41, 5.74) is 4.77. The van der Waals surface area contributed by atoms with Gasteiger partial charge >= 0.3 is 0 Å². The van der Waals surface area contributed by atoms with Gasteiger partial charge < -0.3 is 4.90 Å². The van der Waals surface area contributed by atoms with Gasteiger partial charge in [-0.25, -0.2) is 0 Å². The Morgan fingerprint density at radius 3 is 2.19 bits per heavy atom. The predicted molar refractivity (Wildman–Crippen MR) is 118 cm³/mol. The van der Waals surface area contributed by atoms with Crippen LogP contribution in [0.1, 0.15) is 97.6 Å². The zero-order valence-electron chi connectivity index (χ0n) is 18.4. The molecule has 2 rings (SSSR count). The van der Waals surface area contributed by atoms with E-state index in [4.69, 9.17) is 0 Å². The van der Waals surface area contributed by atoms with Crippen molar-refractivity contribution in [2.75, 3.05) is 6.54 Å². The van der Waals surface area contributed by atoms with Gasteiger partial charge in [0.05, 0.1) is 0 Å². The first-order valence-corrected chi connectivity index (χ1v) is 11.0. The summed E-state index contributed by atoms with van der Waals surface area (Å²) in [5, 5.41) is 0. The van der Waals surface area contributed by atoms with Crippen molar-refractivity contribution in [1.82, 2.24) is 4.90 Å². The number of allylic oxidation sites excluding steroid dienone is 1. The Labute approximate surface area is 163 Å². The molecule has 2 unspecified atom stereocenters. The molecular weight excluding hydrogens is 314 g/mol. The van der Waals surface area contributed by atoms with E-state index in [2.05, 4.69) is 77.3 Å². The number of unbranched alkanes of at least 4 members (excludes halogenated alkanes) is 1. The number of hydrogen-bond donors (Lipinski definition) is 0. The average molecular weight is 358 g/mol. The van der Waals surface area contributed by atoms with Crippen molar-refractivity contribution in [3.05, 3.63) is 47.7 Å². The first-order valence-electron chi connectivity index (χ1n) is 11.0. The number of rotatable bonds is 10. The van der Waals surface area contributed by atoms with Crippen LogP contribution in [0, 0.1) is 5.92 Å². The van der Waals surface area contributed by atoms with Crippen LogP contribution < -0.4 is 0 Å². The normalized spacial score (nSPS) is 20.9. The summed E-state index contributed by atoms with van der Waals surface area (Å²) < 4.78 is 0. The maximum Gasteiger partial charge on any atom is 0.0429 e. The molecule has 0 saturated heterocycles. The number of benzene rings is 1. The van der Waals surface area contributed by atoms with Crippen molar-refractivity contribution in [2.45, 2.75) is 98.4 Å². The lowest BCUT2D eigenvalue weighted by atomic mass is 9.84. The van der Waals surface area contributed by atoms with Crippen LogP contribution in [0.5, 0.6) is 0 Å². The lowest BCUT2D eigenvalue weighted by Gasteiger charge is -2.27. The summed E-state index contributed by atoms with van der Waals surface area (Å²) in [6, 6.07) is 9.16. The van der Waals surface area contributed by atoms with Crippen LogP contribution in [-0.2, 0) is 12.0 Å². The number of hydrogen-bond acceptors (Lipinski definition) is 1. The highest BCUT2D eigenvalue weighted by molar-refractivity contribution is 5.40. The van der Waals surface area contributed by atoms with Gasteiger partial charge in [-0.3, -0.25) is 0 Å². The molecule has 0 spiro atoms. The zero-order valence-corrected chi connectivity index (χ0v) is 18.4. The standard InChI is InChI=1S/C21H33N.C4H10/c1-6-11-19-15-21(19,14-7-2)20-13-10-9-12-18(20)16-22(8-3)17(4)5;1-3-4-2/h9-10,12-13,19H,4,6-8,11,14-16H2,1-3,5H3;3-4H2,1-2H3. The van der Waals surface area contributed by atoms with E-state index in [-0.39, 0.29) is 0 Å². The fourth-order valence-electron chi connectivity index (χ4n) is 4.19. The van der Waals surface area contributed by atoms with Gasteiger partial charge in [-0.15, -0.1) is 0 Å². The summed E-state index contributed by atoms with van der Waals surface area (Å²) in [7, 11) is 0. The third kappa shape index (κ3) is 5.89. The lowest BCUT2D eigenvalue weighted by Crippen LogP contribution is -2.23. The highest BCUT2D eigenvalue weighted by Gasteiger charge is 2.53. The van der Waals surface area contributed by atoms with E-state index in [1.807, 2.05) is 0 Å². The number of nitrogens with zero attached hydrogens (tertiary/aromatic N) is 1. The quantitative estimate of drug-likeness (QED) is 0.414. The second kappa shape index (κ2) is 11.5. The van der Waals surface area contributed by atoms with Crippen LogP contribution >= 0.6 is 0 Å². The van der Waals surface area contributed by atoms with E-state index in [9.17, 15) is 0 Å². The van der Waals surface area contributed by atoms with Gasteiger partial charge in [0, 0.05) is 18.8 Å². The lowest BCUT2D eigenvalue weighted by molar-refractivity contribution is 0.354. The van der Waals surface area contributed by atoms with Gasteiger partial charge in [-0.2, -0.15) is 0 Å². The zero-order chi connectivity index (χ0) is 19.6. The summed E-state index contributed by atoms with van der Waals surface area (Å²) in [4.78, 5) is 2.38. The molecule has 1 fully saturated rings. The molecule has 0 amide bonds. The van der Waals surface area contributed by atoms with Crippen molar-refractivity contribution in [1.29, 1.82) is 0 Å². The van der Waals surface area contributed by atoms with Crippen molar-refractivity contribution in [3.8, 4) is 0 Å². The minimum Gasteiger partial charge on any atom is -0.371 e. The Balaban J connectivity index is 0.000000765. The monoisotopic (exact) mass is 357 g/mol. The Hall–Kier alpha value is -1.24. The van der Waals surface area contributed by atoms with Crippen molar-refractivity contribution < 1.29 is 0 Å². The Morgan fingerprint density at radius 1 is 1.04 bits per heavy atom. The highest BCUT2D eigenvalue weighted by Crippen LogP contribution is 2.60. The molecule has 0 N–H and O–H groups in total.